The summed E-state index contributed by atoms with van der Waals surface area (Å²) in [5, 5.41) is 7.86. The third-order valence-electron chi connectivity index (χ3n) is 4.83. The molecule has 8 nitrogen and oxygen atoms in total. The van der Waals surface area contributed by atoms with Crippen LogP contribution in [0.1, 0.15) is 25.8 Å². The highest BCUT2D eigenvalue weighted by Crippen LogP contribution is 2.32. The number of nitrogens with zero attached hydrogens (tertiary/aromatic N) is 1. The number of benzene rings is 2. The lowest BCUT2D eigenvalue weighted by atomic mass is 9.87. The summed E-state index contributed by atoms with van der Waals surface area (Å²) in [6.45, 7) is 2.64. The highest BCUT2D eigenvalue weighted by atomic mass is 19.1. The number of anilines is 2. The van der Waals surface area contributed by atoms with Gasteiger partial charge >= 0.3 is 6.03 Å². The summed E-state index contributed by atoms with van der Waals surface area (Å²) in [5.74, 6) is -1.80. The summed E-state index contributed by atoms with van der Waals surface area (Å²) < 4.78 is 13.3. The molecule has 0 aliphatic carbocycles. The molecule has 30 heavy (non-hydrogen) atoms. The lowest BCUT2D eigenvalue weighted by Gasteiger charge is -2.25. The number of imide groups is 1. The van der Waals surface area contributed by atoms with E-state index in [1.54, 1.807) is 31.2 Å². The third-order valence-corrected chi connectivity index (χ3v) is 4.83. The van der Waals surface area contributed by atoms with Crippen molar-refractivity contribution >= 4 is 35.1 Å². The number of nitrogens with one attached hydrogen (secondary N) is 3. The van der Waals surface area contributed by atoms with Gasteiger partial charge in [0.1, 0.15) is 17.9 Å². The van der Waals surface area contributed by atoms with Crippen LogP contribution in [0, 0.1) is 5.82 Å². The first kappa shape index (κ1) is 21.0. The molecule has 9 heteroatoms. The van der Waals surface area contributed by atoms with Crippen LogP contribution in [0.3, 0.4) is 0 Å². The average Bonchev–Trinajstić information content (AvgIpc) is 2.95. The highest BCUT2D eigenvalue weighted by molar-refractivity contribution is 6.10. The molecule has 2 aromatic carbocycles. The second kappa shape index (κ2) is 8.32. The van der Waals surface area contributed by atoms with Crippen LogP contribution in [-0.4, -0.2) is 35.2 Å². The summed E-state index contributed by atoms with van der Waals surface area (Å²) in [6, 6.07) is 11.0. The second-order valence-electron chi connectivity index (χ2n) is 6.89. The molecule has 0 saturated carbocycles. The Morgan fingerprint density at radius 3 is 2.10 bits per heavy atom. The monoisotopic (exact) mass is 412 g/mol. The van der Waals surface area contributed by atoms with Gasteiger partial charge in [0.2, 0.25) is 11.8 Å². The molecule has 3 N–H and O–H groups in total. The van der Waals surface area contributed by atoms with Crippen LogP contribution in [0.2, 0.25) is 0 Å². The molecule has 3 rings (SSSR count). The van der Waals surface area contributed by atoms with Gasteiger partial charge in [0.25, 0.3) is 5.91 Å². The summed E-state index contributed by atoms with van der Waals surface area (Å²) in [4.78, 5) is 49.7. The molecule has 1 atom stereocenters. The quantitative estimate of drug-likeness (QED) is 0.634. The Morgan fingerprint density at radius 1 is 1.00 bits per heavy atom. The molecule has 1 heterocycles. The van der Waals surface area contributed by atoms with E-state index in [2.05, 4.69) is 16.0 Å². The van der Waals surface area contributed by atoms with Crippen molar-refractivity contribution < 1.29 is 23.6 Å². The van der Waals surface area contributed by atoms with E-state index in [9.17, 15) is 23.6 Å². The van der Waals surface area contributed by atoms with Crippen molar-refractivity contribution in [1.29, 1.82) is 0 Å². The van der Waals surface area contributed by atoms with Gasteiger partial charge in [-0.15, -0.1) is 0 Å². The smallest absolute Gasteiger partial charge is 0.325 e. The van der Waals surface area contributed by atoms with Gasteiger partial charge in [0.05, 0.1) is 0 Å². The van der Waals surface area contributed by atoms with Crippen molar-refractivity contribution in [2.75, 3.05) is 17.2 Å². The van der Waals surface area contributed by atoms with Crippen LogP contribution in [0.4, 0.5) is 20.6 Å². The molecule has 0 spiro atoms. The van der Waals surface area contributed by atoms with Crippen LogP contribution in [-0.2, 0) is 19.9 Å². The van der Waals surface area contributed by atoms with Crippen LogP contribution >= 0.6 is 0 Å². The zero-order valence-electron chi connectivity index (χ0n) is 16.5. The van der Waals surface area contributed by atoms with Gasteiger partial charge in [-0.1, -0.05) is 19.1 Å². The molecule has 2 aromatic rings. The normalized spacial score (nSPS) is 18.2. The van der Waals surface area contributed by atoms with E-state index in [-0.39, 0.29) is 12.3 Å². The minimum Gasteiger partial charge on any atom is -0.326 e. The zero-order chi connectivity index (χ0) is 21.9. The van der Waals surface area contributed by atoms with E-state index in [0.717, 1.165) is 4.90 Å². The van der Waals surface area contributed by atoms with Gasteiger partial charge in [0, 0.05) is 18.3 Å². The number of amides is 5. The van der Waals surface area contributed by atoms with Crippen molar-refractivity contribution in [1.82, 2.24) is 10.2 Å². The van der Waals surface area contributed by atoms with Crippen LogP contribution in [0.15, 0.2) is 48.5 Å². The van der Waals surface area contributed by atoms with Crippen molar-refractivity contribution in [3.63, 3.8) is 0 Å². The third kappa shape index (κ3) is 4.14. The Morgan fingerprint density at radius 2 is 1.57 bits per heavy atom. The topological polar surface area (TPSA) is 108 Å². The summed E-state index contributed by atoms with van der Waals surface area (Å²) in [5.41, 5.74) is 0.120. The molecule has 156 valence electrons. The van der Waals surface area contributed by atoms with E-state index in [4.69, 9.17) is 0 Å². The molecule has 0 bridgehead atoms. The molecule has 1 fully saturated rings. The fourth-order valence-electron chi connectivity index (χ4n) is 3.33. The second-order valence-corrected chi connectivity index (χ2v) is 6.89. The lowest BCUT2D eigenvalue weighted by molar-refractivity contribution is -0.134. The van der Waals surface area contributed by atoms with Crippen LogP contribution in [0.5, 0.6) is 0 Å². The lowest BCUT2D eigenvalue weighted by Crippen LogP contribution is -2.44. The molecule has 0 aromatic heterocycles. The Balaban J connectivity index is 1.71. The molecular weight excluding hydrogens is 391 g/mol. The first-order valence-corrected chi connectivity index (χ1v) is 9.33. The molecule has 0 unspecified atom stereocenters. The number of halogens is 1. The number of urea groups is 1. The van der Waals surface area contributed by atoms with Crippen molar-refractivity contribution in [2.45, 2.75) is 25.8 Å². The van der Waals surface area contributed by atoms with Gasteiger partial charge < -0.3 is 16.0 Å². The van der Waals surface area contributed by atoms with Gasteiger partial charge in [-0.25, -0.2) is 9.18 Å². The van der Waals surface area contributed by atoms with E-state index in [1.165, 1.54) is 31.2 Å². The van der Waals surface area contributed by atoms with E-state index in [0.29, 0.717) is 16.9 Å². The Kier molecular flexibility index (Phi) is 5.81. The van der Waals surface area contributed by atoms with E-state index >= 15 is 0 Å². The van der Waals surface area contributed by atoms with Crippen LogP contribution in [0.25, 0.3) is 0 Å². The average molecular weight is 412 g/mol. The predicted molar refractivity (Wildman–Crippen MR) is 108 cm³/mol. The van der Waals surface area contributed by atoms with Crippen molar-refractivity contribution in [3.8, 4) is 0 Å². The first-order chi connectivity index (χ1) is 14.2. The maximum absolute atomic E-state index is 13.3. The molecular formula is C21H21FN4O4. The van der Waals surface area contributed by atoms with Gasteiger partial charge in [0.15, 0.2) is 0 Å². The summed E-state index contributed by atoms with van der Waals surface area (Å²) >= 11 is 0. The largest absolute Gasteiger partial charge is 0.326 e. The Hall–Kier alpha value is -3.75. The van der Waals surface area contributed by atoms with Gasteiger partial charge in [-0.05, 0) is 48.4 Å². The van der Waals surface area contributed by atoms with E-state index < -0.39 is 35.7 Å². The molecule has 1 saturated heterocycles. The number of carbonyl (C=O) groups is 4. The number of rotatable bonds is 6. The number of carbonyl (C=O) groups excluding carboxylic acids is 4. The predicted octanol–water partition coefficient (Wildman–Crippen LogP) is 2.58. The summed E-state index contributed by atoms with van der Waals surface area (Å²) in [7, 11) is 0. The fourth-order valence-corrected chi connectivity index (χ4v) is 3.33. The molecule has 5 amide bonds. The standard InChI is InChI=1S/C21H21FN4O4/c1-3-21(14-4-6-15(22)7-5-14)19(29)26(20(30)25-21)12-18(28)24-17-10-8-16(9-11-17)23-13(2)27/h4-11H,3,12H2,1-2H3,(H,23,27)(H,24,28)(H,25,30)/t21-/m0/s1. The minimum absolute atomic E-state index is 0.217. The maximum Gasteiger partial charge on any atom is 0.325 e. The van der Waals surface area contributed by atoms with Crippen molar-refractivity contribution in [2.24, 2.45) is 0 Å². The van der Waals surface area contributed by atoms with Crippen molar-refractivity contribution in [3.05, 3.63) is 59.9 Å². The molecule has 1 aliphatic heterocycles. The highest BCUT2D eigenvalue weighted by Gasteiger charge is 2.51. The maximum atomic E-state index is 13.3. The Labute approximate surface area is 172 Å². The first-order valence-electron chi connectivity index (χ1n) is 9.33. The zero-order valence-corrected chi connectivity index (χ0v) is 16.5. The van der Waals surface area contributed by atoms with E-state index in [1.807, 2.05) is 0 Å². The van der Waals surface area contributed by atoms with Gasteiger partial charge in [-0.3, -0.25) is 19.3 Å². The fraction of sp³-hybridized carbons (Fsp3) is 0.238. The minimum atomic E-state index is -1.34. The molecule has 1 aliphatic rings. The molecule has 0 radical (unpaired) electrons. The van der Waals surface area contributed by atoms with Gasteiger partial charge in [-0.2, -0.15) is 0 Å². The van der Waals surface area contributed by atoms with Crippen LogP contribution < -0.4 is 16.0 Å². The number of hydrogen-bond donors (Lipinski definition) is 3. The number of hydrogen-bond acceptors (Lipinski definition) is 4. The Bertz CT molecular complexity index is 991. The summed E-state index contributed by atoms with van der Waals surface area (Å²) in [6.07, 6.45) is 0.242. The SMILES string of the molecule is CC[C@@]1(c2ccc(F)cc2)NC(=O)N(CC(=O)Nc2ccc(NC(C)=O)cc2)C1=O.